The van der Waals surface area contributed by atoms with Gasteiger partial charge in [-0.15, -0.1) is 0 Å². The molecule has 0 aromatic carbocycles. The predicted octanol–water partition coefficient (Wildman–Crippen LogP) is 2.17. The van der Waals surface area contributed by atoms with Crippen molar-refractivity contribution in [2.24, 2.45) is 13.0 Å². The molecule has 2 fully saturated rings. The van der Waals surface area contributed by atoms with Crippen LogP contribution in [0.3, 0.4) is 0 Å². The van der Waals surface area contributed by atoms with E-state index in [-0.39, 0.29) is 17.9 Å². The molecule has 0 saturated heterocycles. The topological polar surface area (TPSA) is 79.3 Å². The van der Waals surface area contributed by atoms with Gasteiger partial charge in [-0.1, -0.05) is 19.3 Å². The van der Waals surface area contributed by atoms with Crippen molar-refractivity contribution < 1.29 is 9.59 Å². The second kappa shape index (κ2) is 6.69. The Morgan fingerprint density at radius 2 is 1.88 bits per heavy atom. The van der Waals surface area contributed by atoms with Crippen molar-refractivity contribution in [3.8, 4) is 0 Å². The van der Waals surface area contributed by atoms with Gasteiger partial charge in [0.15, 0.2) is 5.82 Å². The van der Waals surface area contributed by atoms with Crippen molar-refractivity contribution >= 4 is 17.8 Å². The molecule has 0 atom stereocenters. The number of aromatic nitrogens is 2. The number of carbonyl (C=O) groups excluding carboxylic acids is 2. The van der Waals surface area contributed by atoms with Crippen LogP contribution in [0.25, 0.3) is 0 Å². The molecular weight excluding hydrogens is 318 g/mol. The van der Waals surface area contributed by atoms with Crippen LogP contribution in [0.1, 0.15) is 56.2 Å². The predicted molar refractivity (Wildman–Crippen MR) is 94.1 cm³/mol. The summed E-state index contributed by atoms with van der Waals surface area (Å²) in [5.74, 6) is 0.834. The van der Waals surface area contributed by atoms with E-state index in [0.29, 0.717) is 24.9 Å². The third-order valence-corrected chi connectivity index (χ3v) is 5.65. The summed E-state index contributed by atoms with van der Waals surface area (Å²) in [7, 11) is 1.91. The van der Waals surface area contributed by atoms with Crippen LogP contribution in [-0.2, 0) is 24.8 Å². The highest BCUT2D eigenvalue weighted by Crippen LogP contribution is 2.32. The molecular formula is C18H27N5O2. The van der Waals surface area contributed by atoms with Crippen LogP contribution in [0.2, 0.25) is 0 Å². The van der Waals surface area contributed by atoms with Crippen LogP contribution in [0.15, 0.2) is 0 Å². The molecule has 7 heteroatoms. The van der Waals surface area contributed by atoms with Gasteiger partial charge in [-0.2, -0.15) is 5.10 Å². The summed E-state index contributed by atoms with van der Waals surface area (Å²) in [4.78, 5) is 26.6. The van der Waals surface area contributed by atoms with Gasteiger partial charge in [-0.25, -0.2) is 4.79 Å². The average molecular weight is 345 g/mol. The highest BCUT2D eigenvalue weighted by atomic mass is 16.2. The molecule has 2 N–H and O–H groups in total. The zero-order valence-electron chi connectivity index (χ0n) is 14.9. The molecule has 2 heterocycles. The van der Waals surface area contributed by atoms with Crippen molar-refractivity contribution in [3.63, 3.8) is 0 Å². The van der Waals surface area contributed by atoms with Gasteiger partial charge in [0.2, 0.25) is 5.91 Å². The highest BCUT2D eigenvalue weighted by molar-refractivity contribution is 5.94. The maximum absolute atomic E-state index is 12.6. The van der Waals surface area contributed by atoms with Gasteiger partial charge in [0, 0.05) is 43.2 Å². The van der Waals surface area contributed by atoms with Gasteiger partial charge >= 0.3 is 6.03 Å². The van der Waals surface area contributed by atoms with E-state index < -0.39 is 0 Å². The van der Waals surface area contributed by atoms with Crippen LogP contribution < -0.4 is 10.6 Å². The van der Waals surface area contributed by atoms with E-state index >= 15 is 0 Å². The van der Waals surface area contributed by atoms with Crippen molar-refractivity contribution in [2.45, 2.75) is 64.0 Å². The normalized spacial score (nSPS) is 20.9. The fraction of sp³-hybridized carbons (Fsp3) is 0.722. The molecule has 0 unspecified atom stereocenters. The molecule has 3 amide bonds. The third kappa shape index (κ3) is 3.50. The molecule has 3 aliphatic rings. The minimum Gasteiger partial charge on any atom is -0.335 e. The second-order valence-corrected chi connectivity index (χ2v) is 7.62. The fourth-order valence-electron chi connectivity index (χ4n) is 3.94. The molecule has 7 nitrogen and oxygen atoms in total. The lowest BCUT2D eigenvalue weighted by molar-refractivity contribution is -0.117. The van der Waals surface area contributed by atoms with E-state index in [2.05, 4.69) is 15.7 Å². The quantitative estimate of drug-likeness (QED) is 0.881. The Kier molecular flexibility index (Phi) is 4.39. The highest BCUT2D eigenvalue weighted by Gasteiger charge is 2.33. The monoisotopic (exact) mass is 345 g/mol. The Labute approximate surface area is 148 Å². The van der Waals surface area contributed by atoms with E-state index in [9.17, 15) is 9.59 Å². The first-order chi connectivity index (χ1) is 12.1. The van der Waals surface area contributed by atoms with Crippen molar-refractivity contribution in [3.05, 3.63) is 11.3 Å². The van der Waals surface area contributed by atoms with Gasteiger partial charge in [0.25, 0.3) is 0 Å². The molecule has 1 aromatic heterocycles. The lowest BCUT2D eigenvalue weighted by Crippen LogP contribution is -2.47. The molecule has 2 aliphatic carbocycles. The zero-order valence-corrected chi connectivity index (χ0v) is 14.9. The largest absolute Gasteiger partial charge is 0.335 e. The van der Waals surface area contributed by atoms with Crippen molar-refractivity contribution in [1.82, 2.24) is 20.0 Å². The number of fused-ring (bicyclic) bond motifs is 1. The van der Waals surface area contributed by atoms with Crippen LogP contribution in [0.4, 0.5) is 10.6 Å². The number of aryl methyl sites for hydroxylation is 1. The van der Waals surface area contributed by atoms with E-state index in [1.165, 1.54) is 19.3 Å². The zero-order chi connectivity index (χ0) is 17.4. The number of rotatable bonds is 3. The Hall–Kier alpha value is -2.05. The Balaban J connectivity index is 1.43. The number of nitrogens with one attached hydrogen (secondary N) is 2. The number of urea groups is 1. The Bertz CT molecular complexity index is 673. The molecule has 4 rings (SSSR count). The summed E-state index contributed by atoms with van der Waals surface area (Å²) < 4.78 is 1.84. The molecule has 1 aromatic rings. The smallest absolute Gasteiger partial charge is 0.317 e. The maximum Gasteiger partial charge on any atom is 0.317 e. The van der Waals surface area contributed by atoms with E-state index in [4.69, 9.17) is 0 Å². The van der Waals surface area contributed by atoms with Gasteiger partial charge in [-0.3, -0.25) is 9.48 Å². The summed E-state index contributed by atoms with van der Waals surface area (Å²) in [6.07, 6.45) is 8.56. The van der Waals surface area contributed by atoms with Crippen molar-refractivity contribution in [2.75, 3.05) is 11.9 Å². The molecule has 136 valence electrons. The standard InChI is InChI=1S/C18H27N5O2/c1-22-15-9-10-23(18(25)19-13-5-3-2-4-6-13)11-14(15)16(21-22)20-17(24)12-7-8-12/h12-13H,2-11H2,1H3,(H,19,25)(H,20,21,24). The molecule has 0 bridgehead atoms. The first-order valence-corrected chi connectivity index (χ1v) is 9.53. The Morgan fingerprint density at radius 3 is 2.60 bits per heavy atom. The fourth-order valence-corrected chi connectivity index (χ4v) is 3.94. The van der Waals surface area contributed by atoms with Crippen LogP contribution in [0, 0.1) is 5.92 Å². The first-order valence-electron chi connectivity index (χ1n) is 9.53. The summed E-state index contributed by atoms with van der Waals surface area (Å²) in [5, 5.41) is 10.6. The van der Waals surface area contributed by atoms with Gasteiger partial charge in [-0.05, 0) is 25.7 Å². The van der Waals surface area contributed by atoms with E-state index in [1.54, 1.807) is 0 Å². The van der Waals surface area contributed by atoms with Crippen LogP contribution in [0.5, 0.6) is 0 Å². The average Bonchev–Trinajstić information content (AvgIpc) is 3.42. The lowest BCUT2D eigenvalue weighted by atomic mass is 9.96. The molecule has 2 saturated carbocycles. The SMILES string of the molecule is Cn1nc(NC(=O)C2CC2)c2c1CCN(C(=O)NC1CCCCC1)C2. The Morgan fingerprint density at radius 1 is 1.12 bits per heavy atom. The summed E-state index contributed by atoms with van der Waals surface area (Å²) >= 11 is 0. The molecule has 0 spiro atoms. The minimum absolute atomic E-state index is 0.0147. The van der Waals surface area contributed by atoms with Gasteiger partial charge < -0.3 is 15.5 Å². The van der Waals surface area contributed by atoms with E-state index in [1.807, 2.05) is 16.6 Å². The molecule has 25 heavy (non-hydrogen) atoms. The summed E-state index contributed by atoms with van der Waals surface area (Å²) in [5.41, 5.74) is 2.11. The van der Waals surface area contributed by atoms with E-state index in [0.717, 1.165) is 43.4 Å². The second-order valence-electron chi connectivity index (χ2n) is 7.62. The number of carbonyl (C=O) groups is 2. The maximum atomic E-state index is 12.6. The van der Waals surface area contributed by atoms with Crippen LogP contribution >= 0.6 is 0 Å². The third-order valence-electron chi connectivity index (χ3n) is 5.65. The summed E-state index contributed by atoms with van der Waals surface area (Å²) in [6, 6.07) is 0.325. The molecule has 0 radical (unpaired) electrons. The number of hydrogen-bond acceptors (Lipinski definition) is 3. The van der Waals surface area contributed by atoms with Crippen molar-refractivity contribution in [1.29, 1.82) is 0 Å². The minimum atomic E-state index is 0.0147. The number of nitrogens with zero attached hydrogens (tertiary/aromatic N) is 3. The number of anilines is 1. The number of amides is 3. The summed E-state index contributed by atoms with van der Waals surface area (Å²) in [6.45, 7) is 1.21. The first kappa shape index (κ1) is 16.4. The number of hydrogen-bond donors (Lipinski definition) is 2. The van der Waals surface area contributed by atoms with Crippen LogP contribution in [-0.4, -0.2) is 39.2 Å². The molecule has 1 aliphatic heterocycles. The lowest BCUT2D eigenvalue weighted by Gasteiger charge is -2.31. The van der Waals surface area contributed by atoms with Gasteiger partial charge in [0.1, 0.15) is 0 Å². The van der Waals surface area contributed by atoms with Gasteiger partial charge in [0.05, 0.1) is 6.54 Å².